The number of hydroxylamine groups is 3. The molecule has 0 spiro atoms. The number of aromatic nitrogens is 3. The lowest BCUT2D eigenvalue weighted by Crippen LogP contribution is -2.50. The van der Waals surface area contributed by atoms with Crippen LogP contribution in [0.15, 0.2) is 12.4 Å². The molecule has 1 aromatic rings. The number of piperidine rings is 1. The Hall–Kier alpha value is -2.33. The molecule has 30 heavy (non-hydrogen) atoms. The SMILES string of the molecule is O=C(NOC[C@H]1C[C@H](Cn2ccnn2)CN1)[C@@H]1CC[C@@H]2CN1C(=O)N2OS(=O)(=O)O. The molecule has 4 atom stereocenters. The van der Waals surface area contributed by atoms with Crippen molar-refractivity contribution < 1.29 is 31.7 Å². The maximum Gasteiger partial charge on any atom is 0.418 e. The van der Waals surface area contributed by atoms with Crippen LogP contribution in [-0.4, -0.2) is 87.7 Å². The van der Waals surface area contributed by atoms with Gasteiger partial charge in [-0.25, -0.2) is 10.3 Å². The van der Waals surface area contributed by atoms with Crippen LogP contribution in [0.25, 0.3) is 0 Å². The molecule has 1 aromatic heterocycles. The van der Waals surface area contributed by atoms with Gasteiger partial charge in [0.25, 0.3) is 5.91 Å². The summed E-state index contributed by atoms with van der Waals surface area (Å²) in [7, 11) is -4.82. The van der Waals surface area contributed by atoms with E-state index in [0.717, 1.165) is 19.5 Å². The Labute approximate surface area is 172 Å². The summed E-state index contributed by atoms with van der Waals surface area (Å²) in [4.78, 5) is 31.4. The number of hydrogen-bond acceptors (Lipinski definition) is 9. The predicted octanol–water partition coefficient (Wildman–Crippen LogP) is -1.69. The summed E-state index contributed by atoms with van der Waals surface area (Å²) in [5.74, 6) is -0.116. The van der Waals surface area contributed by atoms with E-state index >= 15 is 0 Å². The average Bonchev–Trinajstić information content (AvgIpc) is 3.40. The van der Waals surface area contributed by atoms with E-state index in [1.165, 1.54) is 4.90 Å². The molecule has 3 saturated heterocycles. The Balaban J connectivity index is 1.22. The Morgan fingerprint density at radius 3 is 2.97 bits per heavy atom. The van der Waals surface area contributed by atoms with Gasteiger partial charge in [-0.3, -0.25) is 18.9 Å². The van der Waals surface area contributed by atoms with Crippen LogP contribution in [0.2, 0.25) is 0 Å². The fourth-order valence-electron chi connectivity index (χ4n) is 4.15. The molecule has 3 aliphatic heterocycles. The minimum Gasteiger partial charge on any atom is -0.311 e. The summed E-state index contributed by atoms with van der Waals surface area (Å²) >= 11 is 0. The van der Waals surface area contributed by atoms with Crippen molar-refractivity contribution in [1.29, 1.82) is 0 Å². The third-order valence-corrected chi connectivity index (χ3v) is 5.84. The van der Waals surface area contributed by atoms with Crippen LogP contribution >= 0.6 is 0 Å². The van der Waals surface area contributed by atoms with Crippen molar-refractivity contribution in [3.8, 4) is 0 Å². The van der Waals surface area contributed by atoms with Crippen molar-refractivity contribution in [1.82, 2.24) is 35.8 Å². The second-order valence-electron chi connectivity index (χ2n) is 7.62. The van der Waals surface area contributed by atoms with Crippen LogP contribution in [0.4, 0.5) is 4.79 Å². The summed E-state index contributed by atoms with van der Waals surface area (Å²) in [5.41, 5.74) is 2.38. The number of amides is 3. The van der Waals surface area contributed by atoms with E-state index in [2.05, 4.69) is 25.4 Å². The normalized spacial score (nSPS) is 28.9. The number of carbonyl (C=O) groups excluding carboxylic acids is 2. The van der Waals surface area contributed by atoms with E-state index in [1.54, 1.807) is 17.1 Å². The molecule has 166 valence electrons. The summed E-state index contributed by atoms with van der Waals surface area (Å²) in [5, 5.41) is 11.7. The standard InChI is InChI=1S/C15H23N7O7S/c23-14(13-2-1-12-8-21(13)15(24)22(12)29-30(25,26)27)18-28-9-11-5-10(6-16-11)7-20-4-3-17-19-20/h3-4,10-13,16H,1-2,5-9H2,(H,18,23)(H,25,26,27)/t10-,11+,12+,13-/m0/s1. The first-order valence-corrected chi connectivity index (χ1v) is 10.9. The Kier molecular flexibility index (Phi) is 5.88. The van der Waals surface area contributed by atoms with Gasteiger partial charge in [-0.15, -0.1) is 9.38 Å². The third kappa shape index (κ3) is 4.70. The molecule has 3 N–H and O–H groups in total. The van der Waals surface area contributed by atoms with Crippen LogP contribution < -0.4 is 10.8 Å². The van der Waals surface area contributed by atoms with Gasteiger partial charge in [0.05, 0.1) is 18.8 Å². The summed E-state index contributed by atoms with van der Waals surface area (Å²) in [6.45, 7) is 1.94. The molecule has 0 unspecified atom stereocenters. The maximum absolute atomic E-state index is 12.5. The molecule has 15 heteroatoms. The van der Waals surface area contributed by atoms with E-state index in [-0.39, 0.29) is 19.2 Å². The number of urea groups is 1. The molecular weight excluding hydrogens is 422 g/mol. The van der Waals surface area contributed by atoms with E-state index in [9.17, 15) is 18.0 Å². The zero-order chi connectivity index (χ0) is 21.3. The zero-order valence-electron chi connectivity index (χ0n) is 16.0. The molecular formula is C15H23N7O7S. The molecule has 3 fully saturated rings. The summed E-state index contributed by atoms with van der Waals surface area (Å²) < 4.78 is 36.8. The number of nitrogens with zero attached hydrogens (tertiary/aromatic N) is 5. The highest BCUT2D eigenvalue weighted by Crippen LogP contribution is 2.30. The first-order valence-electron chi connectivity index (χ1n) is 9.56. The van der Waals surface area contributed by atoms with Gasteiger partial charge in [-0.1, -0.05) is 5.21 Å². The van der Waals surface area contributed by atoms with Crippen LogP contribution in [0.1, 0.15) is 19.3 Å². The van der Waals surface area contributed by atoms with E-state index in [4.69, 9.17) is 9.39 Å². The number of rotatable bonds is 8. The first kappa shape index (κ1) is 20.9. The van der Waals surface area contributed by atoms with Crippen molar-refractivity contribution >= 4 is 22.3 Å². The fourth-order valence-corrected chi connectivity index (χ4v) is 4.54. The van der Waals surface area contributed by atoms with Gasteiger partial charge in [-0.2, -0.15) is 13.5 Å². The topological polar surface area (TPSA) is 168 Å². The largest absolute Gasteiger partial charge is 0.418 e. The van der Waals surface area contributed by atoms with Gasteiger partial charge in [0.2, 0.25) is 0 Å². The third-order valence-electron chi connectivity index (χ3n) is 5.49. The lowest BCUT2D eigenvalue weighted by atomic mass is 10.0. The lowest BCUT2D eigenvalue weighted by molar-refractivity contribution is -0.139. The maximum atomic E-state index is 12.5. The highest BCUT2D eigenvalue weighted by atomic mass is 32.3. The Morgan fingerprint density at radius 1 is 1.40 bits per heavy atom. The summed E-state index contributed by atoms with van der Waals surface area (Å²) in [6.07, 6.45) is 4.96. The molecule has 3 amide bonds. The molecule has 4 rings (SSSR count). The smallest absolute Gasteiger partial charge is 0.311 e. The summed E-state index contributed by atoms with van der Waals surface area (Å²) in [6, 6.07) is -2.07. The van der Waals surface area contributed by atoms with Crippen molar-refractivity contribution in [3.05, 3.63) is 12.4 Å². The molecule has 0 radical (unpaired) electrons. The van der Waals surface area contributed by atoms with Gasteiger partial charge in [0, 0.05) is 31.9 Å². The Morgan fingerprint density at radius 2 is 2.23 bits per heavy atom. The first-order chi connectivity index (χ1) is 14.3. The zero-order valence-corrected chi connectivity index (χ0v) is 16.8. The monoisotopic (exact) mass is 445 g/mol. The molecule has 3 aliphatic rings. The molecule has 2 bridgehead atoms. The van der Waals surface area contributed by atoms with Crippen LogP contribution in [-0.2, 0) is 30.9 Å². The number of nitrogens with one attached hydrogen (secondary N) is 2. The Bertz CT molecular complexity index is 880. The second kappa shape index (κ2) is 8.43. The van der Waals surface area contributed by atoms with E-state index in [1.807, 2.05) is 0 Å². The van der Waals surface area contributed by atoms with Gasteiger partial charge in [0.1, 0.15) is 6.04 Å². The van der Waals surface area contributed by atoms with Crippen LogP contribution in [0, 0.1) is 5.92 Å². The predicted molar refractivity (Wildman–Crippen MR) is 97.4 cm³/mol. The van der Waals surface area contributed by atoms with Gasteiger partial charge >= 0.3 is 16.4 Å². The van der Waals surface area contributed by atoms with Crippen LogP contribution in [0.3, 0.4) is 0 Å². The quantitative estimate of drug-likeness (QED) is 0.310. The molecule has 0 aliphatic carbocycles. The lowest BCUT2D eigenvalue weighted by Gasteiger charge is -2.29. The van der Waals surface area contributed by atoms with Gasteiger partial charge in [0.15, 0.2) is 0 Å². The fraction of sp³-hybridized carbons (Fsp3) is 0.733. The highest BCUT2D eigenvalue weighted by molar-refractivity contribution is 7.80. The van der Waals surface area contributed by atoms with Crippen molar-refractivity contribution in [2.75, 3.05) is 19.7 Å². The van der Waals surface area contributed by atoms with Crippen molar-refractivity contribution in [2.45, 2.75) is 43.9 Å². The minimum absolute atomic E-state index is 0.0710. The van der Waals surface area contributed by atoms with Crippen molar-refractivity contribution in [3.63, 3.8) is 0 Å². The molecule has 4 heterocycles. The number of hydrogen-bond donors (Lipinski definition) is 3. The average molecular weight is 445 g/mol. The number of carbonyl (C=O) groups is 2. The molecule has 14 nitrogen and oxygen atoms in total. The van der Waals surface area contributed by atoms with Crippen LogP contribution in [0.5, 0.6) is 0 Å². The van der Waals surface area contributed by atoms with Gasteiger partial charge < -0.3 is 10.2 Å². The number of fused-ring (bicyclic) bond motifs is 2. The minimum atomic E-state index is -4.82. The highest BCUT2D eigenvalue weighted by Gasteiger charge is 2.49. The molecule has 0 saturated carbocycles. The van der Waals surface area contributed by atoms with Crippen molar-refractivity contribution in [2.24, 2.45) is 5.92 Å². The second-order valence-corrected chi connectivity index (χ2v) is 8.62. The van der Waals surface area contributed by atoms with E-state index in [0.29, 0.717) is 23.8 Å². The molecule has 0 aromatic carbocycles. The van der Waals surface area contributed by atoms with E-state index < -0.39 is 34.4 Å². The van der Waals surface area contributed by atoms with Gasteiger partial charge in [-0.05, 0) is 25.2 Å².